The summed E-state index contributed by atoms with van der Waals surface area (Å²) in [5.74, 6) is 5.33. The largest absolute Gasteiger partial charge is 0.478 e. The first kappa shape index (κ1) is 21.4. The maximum atomic E-state index is 13.0. The summed E-state index contributed by atoms with van der Waals surface area (Å²) in [7, 11) is 0. The van der Waals surface area contributed by atoms with Gasteiger partial charge in [0.05, 0.1) is 29.3 Å². The van der Waals surface area contributed by atoms with Crippen molar-refractivity contribution in [1.82, 2.24) is 9.55 Å². The van der Waals surface area contributed by atoms with Gasteiger partial charge in [-0.05, 0) is 59.8 Å². The SMILES string of the molecule is CSc1ccc(CC#Cc2ccc3ncn(Cc4ccc(C(=O)O)cc4)c(=O)c3c2)cc1. The van der Waals surface area contributed by atoms with Gasteiger partial charge in [0.2, 0.25) is 0 Å². The Morgan fingerprint density at radius 1 is 1.03 bits per heavy atom. The van der Waals surface area contributed by atoms with Crippen LogP contribution in [0.4, 0.5) is 0 Å². The number of aromatic carboxylic acids is 1. The van der Waals surface area contributed by atoms with Crippen LogP contribution in [0.2, 0.25) is 0 Å². The second kappa shape index (κ2) is 9.54. The average molecular weight is 441 g/mol. The topological polar surface area (TPSA) is 72.2 Å². The van der Waals surface area contributed by atoms with Crippen molar-refractivity contribution in [1.29, 1.82) is 0 Å². The summed E-state index contributed by atoms with van der Waals surface area (Å²) in [6, 6.07) is 20.2. The smallest absolute Gasteiger partial charge is 0.335 e. The molecule has 6 heteroatoms. The highest BCUT2D eigenvalue weighted by molar-refractivity contribution is 7.98. The molecule has 0 saturated heterocycles. The van der Waals surface area contributed by atoms with Gasteiger partial charge in [0.1, 0.15) is 0 Å². The van der Waals surface area contributed by atoms with E-state index in [4.69, 9.17) is 5.11 Å². The van der Waals surface area contributed by atoms with E-state index in [1.807, 2.05) is 12.3 Å². The molecule has 0 aliphatic rings. The molecule has 1 N–H and O–H groups in total. The van der Waals surface area contributed by atoms with Crippen molar-refractivity contribution in [3.63, 3.8) is 0 Å². The van der Waals surface area contributed by atoms with Crippen molar-refractivity contribution in [2.75, 3.05) is 6.26 Å². The van der Waals surface area contributed by atoms with Gasteiger partial charge in [0, 0.05) is 16.9 Å². The first-order chi connectivity index (χ1) is 15.5. The van der Waals surface area contributed by atoms with Gasteiger partial charge in [-0.15, -0.1) is 11.8 Å². The third-order valence-electron chi connectivity index (χ3n) is 5.06. The van der Waals surface area contributed by atoms with Crippen LogP contribution in [0.25, 0.3) is 10.9 Å². The van der Waals surface area contributed by atoms with E-state index in [1.165, 1.54) is 27.9 Å². The van der Waals surface area contributed by atoms with E-state index < -0.39 is 5.97 Å². The number of benzene rings is 3. The minimum Gasteiger partial charge on any atom is -0.478 e. The zero-order valence-corrected chi connectivity index (χ0v) is 18.2. The molecule has 0 spiro atoms. The van der Waals surface area contributed by atoms with Gasteiger partial charge in [0.15, 0.2) is 0 Å². The third kappa shape index (κ3) is 4.90. The molecule has 0 bridgehead atoms. The van der Waals surface area contributed by atoms with Crippen LogP contribution in [0.5, 0.6) is 0 Å². The summed E-state index contributed by atoms with van der Waals surface area (Å²) in [5, 5.41) is 9.53. The number of fused-ring (bicyclic) bond motifs is 1. The molecule has 0 radical (unpaired) electrons. The minimum absolute atomic E-state index is 0.159. The molecule has 4 aromatic rings. The third-order valence-corrected chi connectivity index (χ3v) is 5.81. The van der Waals surface area contributed by atoms with Crippen LogP contribution in [-0.2, 0) is 13.0 Å². The Bertz CT molecular complexity index is 1400. The van der Waals surface area contributed by atoms with Crippen LogP contribution in [0.1, 0.15) is 27.0 Å². The van der Waals surface area contributed by atoms with E-state index >= 15 is 0 Å². The summed E-state index contributed by atoms with van der Waals surface area (Å²) in [6.07, 6.45) is 4.20. The fourth-order valence-corrected chi connectivity index (χ4v) is 3.70. The van der Waals surface area contributed by atoms with Crippen molar-refractivity contribution in [3.05, 3.63) is 106 Å². The molecule has 0 fully saturated rings. The number of carboxylic acid groups (broad SMARTS) is 1. The van der Waals surface area contributed by atoms with E-state index in [0.29, 0.717) is 23.9 Å². The molecular formula is C26H20N2O3S. The van der Waals surface area contributed by atoms with Gasteiger partial charge < -0.3 is 5.11 Å². The number of nitrogens with zero attached hydrogens (tertiary/aromatic N) is 2. The Morgan fingerprint density at radius 3 is 2.44 bits per heavy atom. The van der Waals surface area contributed by atoms with Crippen molar-refractivity contribution < 1.29 is 9.90 Å². The Hall–Kier alpha value is -3.82. The molecular weight excluding hydrogens is 420 g/mol. The lowest BCUT2D eigenvalue weighted by molar-refractivity contribution is 0.0697. The Balaban J connectivity index is 1.56. The molecule has 4 rings (SSSR count). The highest BCUT2D eigenvalue weighted by atomic mass is 32.2. The molecule has 0 atom stereocenters. The van der Waals surface area contributed by atoms with Crippen LogP contribution in [0.15, 0.2) is 82.7 Å². The first-order valence-electron chi connectivity index (χ1n) is 9.97. The van der Waals surface area contributed by atoms with Gasteiger partial charge in [-0.25, -0.2) is 9.78 Å². The zero-order valence-electron chi connectivity index (χ0n) is 17.4. The van der Waals surface area contributed by atoms with E-state index in [-0.39, 0.29) is 11.1 Å². The highest BCUT2D eigenvalue weighted by Gasteiger charge is 2.07. The van der Waals surface area contributed by atoms with Gasteiger partial charge in [0.25, 0.3) is 5.56 Å². The first-order valence-corrected chi connectivity index (χ1v) is 11.2. The number of hydrogen-bond acceptors (Lipinski definition) is 4. The van der Waals surface area contributed by atoms with Gasteiger partial charge in [-0.2, -0.15) is 0 Å². The van der Waals surface area contributed by atoms with Crippen molar-refractivity contribution in [2.45, 2.75) is 17.9 Å². The molecule has 1 heterocycles. The van der Waals surface area contributed by atoms with E-state index in [2.05, 4.69) is 41.1 Å². The predicted molar refractivity (Wildman–Crippen MR) is 127 cm³/mol. The summed E-state index contributed by atoms with van der Waals surface area (Å²) in [6.45, 7) is 0.309. The van der Waals surface area contributed by atoms with Gasteiger partial charge >= 0.3 is 5.97 Å². The second-order valence-electron chi connectivity index (χ2n) is 7.24. The second-order valence-corrected chi connectivity index (χ2v) is 8.12. The summed E-state index contributed by atoms with van der Waals surface area (Å²) >= 11 is 1.71. The highest BCUT2D eigenvalue weighted by Crippen LogP contribution is 2.15. The summed E-state index contributed by atoms with van der Waals surface area (Å²) in [4.78, 5) is 29.6. The normalized spacial score (nSPS) is 10.5. The maximum Gasteiger partial charge on any atom is 0.335 e. The predicted octanol–water partition coefficient (Wildman–Crippen LogP) is 4.46. The van der Waals surface area contributed by atoms with E-state index in [9.17, 15) is 9.59 Å². The molecule has 1 aromatic heterocycles. The molecule has 0 aliphatic carbocycles. The lowest BCUT2D eigenvalue weighted by Gasteiger charge is -2.07. The lowest BCUT2D eigenvalue weighted by atomic mass is 10.1. The number of carbonyl (C=O) groups is 1. The minimum atomic E-state index is -0.980. The summed E-state index contributed by atoms with van der Waals surface area (Å²) in [5.41, 5.74) is 3.40. The van der Waals surface area contributed by atoms with Crippen molar-refractivity contribution >= 4 is 28.6 Å². The molecule has 32 heavy (non-hydrogen) atoms. The van der Waals surface area contributed by atoms with Crippen molar-refractivity contribution in [2.24, 2.45) is 0 Å². The maximum absolute atomic E-state index is 13.0. The fraction of sp³-hybridized carbons (Fsp3) is 0.115. The molecule has 0 aliphatic heterocycles. The Kier molecular flexibility index (Phi) is 6.39. The van der Waals surface area contributed by atoms with Crippen LogP contribution < -0.4 is 5.56 Å². The molecule has 0 saturated carbocycles. The van der Waals surface area contributed by atoms with E-state index in [1.54, 1.807) is 36.0 Å². The summed E-state index contributed by atoms with van der Waals surface area (Å²) < 4.78 is 1.52. The Labute approximate surface area is 189 Å². The average Bonchev–Trinajstić information content (AvgIpc) is 2.82. The van der Waals surface area contributed by atoms with Gasteiger partial charge in [-0.3, -0.25) is 9.36 Å². The van der Waals surface area contributed by atoms with E-state index in [0.717, 1.165) is 16.7 Å². The molecule has 5 nitrogen and oxygen atoms in total. The number of carboxylic acids is 1. The number of hydrogen-bond donors (Lipinski definition) is 1. The number of rotatable bonds is 5. The number of thioether (sulfide) groups is 1. The molecule has 3 aromatic carbocycles. The van der Waals surface area contributed by atoms with Crippen LogP contribution >= 0.6 is 11.8 Å². The van der Waals surface area contributed by atoms with Gasteiger partial charge in [-0.1, -0.05) is 36.1 Å². The Morgan fingerprint density at radius 2 is 1.75 bits per heavy atom. The van der Waals surface area contributed by atoms with Crippen LogP contribution in [-0.4, -0.2) is 26.9 Å². The molecule has 158 valence electrons. The lowest BCUT2D eigenvalue weighted by Crippen LogP contribution is -2.21. The monoisotopic (exact) mass is 440 g/mol. The molecule has 0 unspecified atom stereocenters. The fourth-order valence-electron chi connectivity index (χ4n) is 3.29. The standard InChI is InChI=1S/C26H20N2O3S/c1-32-22-12-7-18(8-13-22)3-2-4-19-9-14-24-23(15-19)25(29)28(17-27-24)16-20-5-10-21(11-6-20)26(30)31/h5-15,17H,3,16H2,1H3,(H,30,31). The van der Waals surface area contributed by atoms with Crippen LogP contribution in [0.3, 0.4) is 0 Å². The van der Waals surface area contributed by atoms with Crippen molar-refractivity contribution in [3.8, 4) is 11.8 Å². The zero-order chi connectivity index (χ0) is 22.5. The number of aromatic nitrogens is 2. The quantitative estimate of drug-likeness (QED) is 0.366. The van der Waals surface area contributed by atoms with Crippen LogP contribution in [0, 0.1) is 11.8 Å². The molecule has 0 amide bonds.